The summed E-state index contributed by atoms with van der Waals surface area (Å²) >= 11 is 3.74. The first kappa shape index (κ1) is 13.4. The number of fused-ring (bicyclic) bond motifs is 1. The third-order valence-corrected chi connectivity index (χ3v) is 6.45. The molecule has 1 aromatic carbocycles. The molecule has 0 aliphatic carbocycles. The minimum Gasteiger partial charge on any atom is -0.311 e. The fourth-order valence-corrected chi connectivity index (χ4v) is 5.37. The standard InChI is InChI=1S/C15H19NOS2/c1-11-4-5-13-12(9-11)3-2-6-16(13)15(17)14-10-18-7-8-19-14/h4-5,9,14H,2-3,6-8,10H2,1H3. The summed E-state index contributed by atoms with van der Waals surface area (Å²) < 4.78 is 0. The molecular formula is C15H19NOS2. The van der Waals surface area contributed by atoms with Crippen molar-refractivity contribution in [3.63, 3.8) is 0 Å². The van der Waals surface area contributed by atoms with Gasteiger partial charge in [0.05, 0.1) is 5.25 Å². The number of nitrogens with zero attached hydrogens (tertiary/aromatic N) is 1. The Hall–Kier alpha value is -0.610. The van der Waals surface area contributed by atoms with E-state index in [9.17, 15) is 4.79 Å². The van der Waals surface area contributed by atoms with Crippen molar-refractivity contribution in [1.29, 1.82) is 0 Å². The van der Waals surface area contributed by atoms with Crippen LogP contribution in [0.3, 0.4) is 0 Å². The minimum atomic E-state index is 0.158. The van der Waals surface area contributed by atoms with E-state index in [1.807, 2.05) is 28.4 Å². The lowest BCUT2D eigenvalue weighted by molar-refractivity contribution is -0.117. The van der Waals surface area contributed by atoms with Crippen LogP contribution < -0.4 is 4.90 Å². The molecule has 0 saturated carbocycles. The summed E-state index contributed by atoms with van der Waals surface area (Å²) in [6.45, 7) is 3.01. The number of anilines is 1. The highest BCUT2D eigenvalue weighted by Crippen LogP contribution is 2.32. The molecule has 0 bridgehead atoms. The first-order valence-corrected chi connectivity index (χ1v) is 9.06. The summed E-state index contributed by atoms with van der Waals surface area (Å²) in [5, 5.41) is 0.158. The Kier molecular flexibility index (Phi) is 4.08. The van der Waals surface area contributed by atoms with Gasteiger partial charge in [0.1, 0.15) is 0 Å². The number of hydrogen-bond acceptors (Lipinski definition) is 3. The number of amides is 1. The lowest BCUT2D eigenvalue weighted by Crippen LogP contribution is -2.43. The number of carbonyl (C=O) groups excluding carboxylic acids is 1. The molecule has 2 nitrogen and oxygen atoms in total. The molecule has 1 atom stereocenters. The van der Waals surface area contributed by atoms with E-state index in [4.69, 9.17) is 0 Å². The Morgan fingerprint density at radius 2 is 2.26 bits per heavy atom. The van der Waals surface area contributed by atoms with E-state index in [1.165, 1.54) is 16.9 Å². The van der Waals surface area contributed by atoms with E-state index in [-0.39, 0.29) is 5.25 Å². The second-order valence-electron chi connectivity index (χ2n) is 5.16. The molecule has 1 aromatic rings. The predicted molar refractivity (Wildman–Crippen MR) is 85.4 cm³/mol. The monoisotopic (exact) mass is 293 g/mol. The minimum absolute atomic E-state index is 0.158. The van der Waals surface area contributed by atoms with Gasteiger partial charge in [0, 0.05) is 29.5 Å². The number of hydrogen-bond donors (Lipinski definition) is 0. The molecule has 3 rings (SSSR count). The number of benzene rings is 1. The average Bonchev–Trinajstić information content (AvgIpc) is 2.46. The van der Waals surface area contributed by atoms with Gasteiger partial charge in [-0.25, -0.2) is 0 Å². The second-order valence-corrected chi connectivity index (χ2v) is 7.62. The summed E-state index contributed by atoms with van der Waals surface area (Å²) in [4.78, 5) is 14.7. The van der Waals surface area contributed by atoms with Crippen molar-refractivity contribution < 1.29 is 4.79 Å². The van der Waals surface area contributed by atoms with Crippen LogP contribution in [0, 0.1) is 6.92 Å². The maximum absolute atomic E-state index is 12.7. The maximum Gasteiger partial charge on any atom is 0.240 e. The zero-order chi connectivity index (χ0) is 13.2. The van der Waals surface area contributed by atoms with Crippen molar-refractivity contribution in [3.8, 4) is 0 Å². The van der Waals surface area contributed by atoms with E-state index in [2.05, 4.69) is 25.1 Å². The van der Waals surface area contributed by atoms with Crippen molar-refractivity contribution >= 4 is 35.1 Å². The van der Waals surface area contributed by atoms with Gasteiger partial charge in [0.15, 0.2) is 0 Å². The van der Waals surface area contributed by atoms with Gasteiger partial charge in [-0.1, -0.05) is 17.7 Å². The first-order valence-electron chi connectivity index (χ1n) is 6.86. The fraction of sp³-hybridized carbons (Fsp3) is 0.533. The highest BCUT2D eigenvalue weighted by atomic mass is 32.2. The van der Waals surface area contributed by atoms with Crippen molar-refractivity contribution in [2.75, 3.05) is 28.7 Å². The normalized spacial score (nSPS) is 23.0. The summed E-state index contributed by atoms with van der Waals surface area (Å²) in [6, 6.07) is 6.48. The van der Waals surface area contributed by atoms with Crippen LogP contribution in [-0.4, -0.2) is 35.0 Å². The van der Waals surface area contributed by atoms with Crippen LogP contribution in [0.5, 0.6) is 0 Å². The average molecular weight is 293 g/mol. The number of rotatable bonds is 1. The van der Waals surface area contributed by atoms with Crippen molar-refractivity contribution in [1.82, 2.24) is 0 Å². The zero-order valence-corrected chi connectivity index (χ0v) is 12.9. The Morgan fingerprint density at radius 3 is 3.05 bits per heavy atom. The smallest absolute Gasteiger partial charge is 0.240 e. The molecule has 2 aliphatic heterocycles. The molecule has 1 amide bonds. The quantitative estimate of drug-likeness (QED) is 0.793. The lowest BCUT2D eigenvalue weighted by Gasteiger charge is -2.33. The van der Waals surface area contributed by atoms with Gasteiger partial charge in [-0.05, 0) is 31.4 Å². The Bertz CT molecular complexity index is 483. The van der Waals surface area contributed by atoms with Gasteiger partial charge in [0.2, 0.25) is 5.91 Å². The molecule has 0 radical (unpaired) electrons. The number of aryl methyl sites for hydroxylation is 2. The molecule has 1 unspecified atom stereocenters. The van der Waals surface area contributed by atoms with Crippen molar-refractivity contribution in [3.05, 3.63) is 29.3 Å². The van der Waals surface area contributed by atoms with Crippen LogP contribution >= 0.6 is 23.5 Å². The topological polar surface area (TPSA) is 20.3 Å². The van der Waals surface area contributed by atoms with Gasteiger partial charge in [-0.3, -0.25) is 4.79 Å². The number of carbonyl (C=O) groups is 1. The predicted octanol–water partition coefficient (Wildman–Crippen LogP) is 3.12. The fourth-order valence-electron chi connectivity index (χ4n) is 2.76. The lowest BCUT2D eigenvalue weighted by atomic mass is 9.99. The van der Waals surface area contributed by atoms with Crippen molar-refractivity contribution in [2.45, 2.75) is 25.0 Å². The molecule has 0 aromatic heterocycles. The highest BCUT2D eigenvalue weighted by molar-refractivity contribution is 8.07. The van der Waals surface area contributed by atoms with Gasteiger partial charge in [-0.15, -0.1) is 11.8 Å². The third kappa shape index (κ3) is 2.79. The van der Waals surface area contributed by atoms with Gasteiger partial charge < -0.3 is 4.90 Å². The zero-order valence-electron chi connectivity index (χ0n) is 11.2. The Labute approximate surface area is 123 Å². The van der Waals surface area contributed by atoms with Crippen LogP contribution in [0.2, 0.25) is 0 Å². The van der Waals surface area contributed by atoms with E-state index >= 15 is 0 Å². The molecule has 19 heavy (non-hydrogen) atoms. The molecule has 1 saturated heterocycles. The second kappa shape index (κ2) is 5.80. The third-order valence-electron chi connectivity index (χ3n) is 3.71. The Morgan fingerprint density at radius 1 is 1.37 bits per heavy atom. The van der Waals surface area contributed by atoms with E-state index < -0.39 is 0 Å². The Balaban J connectivity index is 1.84. The summed E-state index contributed by atoms with van der Waals surface area (Å²) in [7, 11) is 0. The summed E-state index contributed by atoms with van der Waals surface area (Å²) in [5.41, 5.74) is 3.78. The highest BCUT2D eigenvalue weighted by Gasteiger charge is 2.30. The maximum atomic E-state index is 12.7. The van der Waals surface area contributed by atoms with Gasteiger partial charge in [-0.2, -0.15) is 11.8 Å². The van der Waals surface area contributed by atoms with Crippen LogP contribution in [0.25, 0.3) is 0 Å². The molecule has 4 heteroatoms. The van der Waals surface area contributed by atoms with Crippen molar-refractivity contribution in [2.24, 2.45) is 0 Å². The molecule has 2 heterocycles. The van der Waals surface area contributed by atoms with Crippen LogP contribution in [0.1, 0.15) is 17.5 Å². The van der Waals surface area contributed by atoms with Gasteiger partial charge >= 0.3 is 0 Å². The molecule has 0 spiro atoms. The SMILES string of the molecule is Cc1ccc2c(c1)CCCN2C(=O)C1CSCCS1. The largest absolute Gasteiger partial charge is 0.311 e. The molecule has 1 fully saturated rings. The molecule has 102 valence electrons. The molecule has 0 N–H and O–H groups in total. The summed E-state index contributed by atoms with van der Waals surface area (Å²) in [6.07, 6.45) is 2.19. The van der Waals surface area contributed by atoms with Crippen LogP contribution in [0.15, 0.2) is 18.2 Å². The van der Waals surface area contributed by atoms with Crippen LogP contribution in [0.4, 0.5) is 5.69 Å². The van der Waals surface area contributed by atoms with E-state index in [0.717, 1.165) is 36.6 Å². The first-order chi connectivity index (χ1) is 9.25. The van der Waals surface area contributed by atoms with E-state index in [0.29, 0.717) is 5.91 Å². The molecule has 2 aliphatic rings. The summed E-state index contributed by atoms with van der Waals surface area (Å²) in [5.74, 6) is 3.59. The van der Waals surface area contributed by atoms with Crippen LogP contribution in [-0.2, 0) is 11.2 Å². The number of thioether (sulfide) groups is 2. The van der Waals surface area contributed by atoms with Gasteiger partial charge in [0.25, 0.3) is 0 Å². The van der Waals surface area contributed by atoms with E-state index in [1.54, 1.807) is 0 Å². The molecular weight excluding hydrogens is 274 g/mol.